The number of nitrogens with zero attached hydrogens (tertiary/aromatic N) is 2. The summed E-state index contributed by atoms with van der Waals surface area (Å²) in [6.07, 6.45) is 2.75. The zero-order chi connectivity index (χ0) is 22.9. The summed E-state index contributed by atoms with van der Waals surface area (Å²) in [5.41, 5.74) is 1.96. The molecular formula is C23H24N4O2S4. The van der Waals surface area contributed by atoms with Crippen LogP contribution in [0.3, 0.4) is 0 Å². The number of aromatic nitrogens is 2. The van der Waals surface area contributed by atoms with E-state index in [1.807, 2.05) is 48.5 Å². The number of thiazole rings is 2. The highest BCUT2D eigenvalue weighted by molar-refractivity contribution is 8.02. The Hall–Kier alpha value is -2.14. The van der Waals surface area contributed by atoms with Crippen molar-refractivity contribution in [2.75, 3.05) is 24.6 Å². The van der Waals surface area contributed by atoms with E-state index in [4.69, 9.17) is 0 Å². The molecule has 4 aromatic rings. The van der Waals surface area contributed by atoms with Crippen LogP contribution in [0.15, 0.2) is 57.2 Å². The number of carbonyl (C=O) groups is 2. The Morgan fingerprint density at radius 2 is 1.15 bits per heavy atom. The van der Waals surface area contributed by atoms with Crippen LogP contribution in [0.2, 0.25) is 0 Å². The number of carbonyl (C=O) groups excluding carboxylic acids is 2. The Labute approximate surface area is 209 Å². The van der Waals surface area contributed by atoms with Gasteiger partial charge in [-0.25, -0.2) is 9.97 Å². The first kappa shape index (κ1) is 24.0. The molecule has 10 heteroatoms. The molecule has 6 nitrogen and oxygen atoms in total. The lowest BCUT2D eigenvalue weighted by Crippen LogP contribution is -2.27. The number of thioether (sulfide) groups is 2. The van der Waals surface area contributed by atoms with Gasteiger partial charge in [-0.3, -0.25) is 9.59 Å². The molecule has 0 aliphatic rings. The predicted octanol–water partition coefficient (Wildman–Crippen LogP) is 5.19. The number of rotatable bonds is 12. The van der Waals surface area contributed by atoms with Crippen molar-refractivity contribution >= 4 is 78.4 Å². The van der Waals surface area contributed by atoms with Crippen LogP contribution in [0.5, 0.6) is 0 Å². The molecule has 0 fully saturated rings. The number of benzene rings is 2. The number of fused-ring (bicyclic) bond motifs is 2. The van der Waals surface area contributed by atoms with Crippen LogP contribution in [0.25, 0.3) is 20.4 Å². The van der Waals surface area contributed by atoms with E-state index < -0.39 is 0 Å². The second-order valence-corrected chi connectivity index (χ2v) is 11.7. The van der Waals surface area contributed by atoms with E-state index in [2.05, 4.69) is 20.6 Å². The normalized spacial score (nSPS) is 11.2. The molecular weight excluding hydrogens is 493 g/mol. The first-order valence-corrected chi connectivity index (χ1v) is 14.3. The van der Waals surface area contributed by atoms with E-state index in [0.717, 1.165) is 48.4 Å². The summed E-state index contributed by atoms with van der Waals surface area (Å²) < 4.78 is 4.12. The maximum atomic E-state index is 12.0. The molecule has 0 unspecified atom stereocenters. The zero-order valence-corrected chi connectivity index (χ0v) is 21.2. The second-order valence-electron chi connectivity index (χ2n) is 7.23. The number of unbranched alkanes of at least 4 members (excludes halogenated alkanes) is 2. The molecule has 2 aromatic carbocycles. The Morgan fingerprint density at radius 3 is 1.61 bits per heavy atom. The standard InChI is InChI=1S/C23H24N4O2S4/c28-20(14-30-22-26-16-8-2-4-10-18(16)32-22)24-12-6-1-7-13-25-21(29)15-31-23-27-17-9-3-5-11-19(17)33-23/h2-5,8-11H,1,6-7,12-15H2,(H,24,28)(H,25,29). The van der Waals surface area contributed by atoms with Gasteiger partial charge in [0.25, 0.3) is 0 Å². The lowest BCUT2D eigenvalue weighted by molar-refractivity contribution is -0.119. The van der Waals surface area contributed by atoms with Crippen molar-refractivity contribution in [3.63, 3.8) is 0 Å². The van der Waals surface area contributed by atoms with Gasteiger partial charge in [-0.15, -0.1) is 22.7 Å². The number of nitrogens with one attached hydrogen (secondary N) is 2. The predicted molar refractivity (Wildman–Crippen MR) is 141 cm³/mol. The van der Waals surface area contributed by atoms with Crippen LogP contribution in [-0.4, -0.2) is 46.4 Å². The summed E-state index contributed by atoms with van der Waals surface area (Å²) in [4.78, 5) is 33.1. The maximum absolute atomic E-state index is 12.0. The number of hydrogen-bond donors (Lipinski definition) is 2. The van der Waals surface area contributed by atoms with Crippen LogP contribution in [0, 0.1) is 0 Å². The van der Waals surface area contributed by atoms with Gasteiger partial charge < -0.3 is 10.6 Å². The fourth-order valence-corrected chi connectivity index (χ4v) is 6.86. The number of amides is 2. The van der Waals surface area contributed by atoms with E-state index in [0.29, 0.717) is 24.6 Å². The minimum atomic E-state index is 0.0273. The van der Waals surface area contributed by atoms with Gasteiger partial charge in [0, 0.05) is 13.1 Å². The molecule has 0 saturated carbocycles. The van der Waals surface area contributed by atoms with Gasteiger partial charge in [-0.1, -0.05) is 47.8 Å². The third kappa shape index (κ3) is 7.43. The first-order chi connectivity index (χ1) is 16.2. The summed E-state index contributed by atoms with van der Waals surface area (Å²) in [6.45, 7) is 1.31. The van der Waals surface area contributed by atoms with Gasteiger partial charge in [0.2, 0.25) is 11.8 Å². The summed E-state index contributed by atoms with van der Waals surface area (Å²) in [7, 11) is 0. The van der Waals surface area contributed by atoms with Crippen LogP contribution < -0.4 is 10.6 Å². The number of hydrogen-bond acceptors (Lipinski definition) is 8. The van der Waals surface area contributed by atoms with Crippen molar-refractivity contribution in [3.05, 3.63) is 48.5 Å². The highest BCUT2D eigenvalue weighted by Gasteiger charge is 2.08. The minimum Gasteiger partial charge on any atom is -0.355 e. The molecule has 0 aliphatic carbocycles. The van der Waals surface area contributed by atoms with E-state index in [9.17, 15) is 9.59 Å². The zero-order valence-electron chi connectivity index (χ0n) is 17.9. The van der Waals surface area contributed by atoms with E-state index in [-0.39, 0.29) is 11.8 Å². The highest BCUT2D eigenvalue weighted by atomic mass is 32.2. The lowest BCUT2D eigenvalue weighted by atomic mass is 10.2. The van der Waals surface area contributed by atoms with Gasteiger partial charge in [0.05, 0.1) is 31.9 Å². The molecule has 0 saturated heterocycles. The van der Waals surface area contributed by atoms with Crippen LogP contribution in [0.4, 0.5) is 0 Å². The molecule has 0 atom stereocenters. The van der Waals surface area contributed by atoms with Gasteiger partial charge in [-0.2, -0.15) is 0 Å². The Balaban J connectivity index is 1.02. The van der Waals surface area contributed by atoms with Gasteiger partial charge >= 0.3 is 0 Å². The Morgan fingerprint density at radius 1 is 0.697 bits per heavy atom. The minimum absolute atomic E-state index is 0.0273. The van der Waals surface area contributed by atoms with Gasteiger partial charge in [0.1, 0.15) is 0 Å². The van der Waals surface area contributed by atoms with Crippen molar-refractivity contribution in [1.29, 1.82) is 0 Å². The summed E-state index contributed by atoms with van der Waals surface area (Å²) in [5, 5.41) is 5.91. The summed E-state index contributed by atoms with van der Waals surface area (Å²) >= 11 is 6.18. The fraction of sp³-hybridized carbons (Fsp3) is 0.304. The molecule has 0 spiro atoms. The molecule has 2 amide bonds. The average molecular weight is 517 g/mol. The molecule has 0 aliphatic heterocycles. The largest absolute Gasteiger partial charge is 0.355 e. The summed E-state index contributed by atoms with van der Waals surface area (Å²) in [5.74, 6) is 0.809. The lowest BCUT2D eigenvalue weighted by Gasteiger charge is -2.06. The van der Waals surface area contributed by atoms with Crippen molar-refractivity contribution in [2.24, 2.45) is 0 Å². The van der Waals surface area contributed by atoms with Crippen LogP contribution in [0.1, 0.15) is 19.3 Å². The van der Waals surface area contributed by atoms with Crippen molar-refractivity contribution in [1.82, 2.24) is 20.6 Å². The number of para-hydroxylation sites is 2. The second kappa shape index (κ2) is 12.4. The smallest absolute Gasteiger partial charge is 0.230 e. The average Bonchev–Trinajstić information content (AvgIpc) is 3.44. The fourth-order valence-electron chi connectivity index (χ4n) is 3.06. The summed E-state index contributed by atoms with van der Waals surface area (Å²) in [6, 6.07) is 16.0. The first-order valence-electron chi connectivity index (χ1n) is 10.7. The van der Waals surface area contributed by atoms with Gasteiger partial charge in [-0.05, 0) is 43.5 Å². The van der Waals surface area contributed by atoms with Crippen LogP contribution in [-0.2, 0) is 9.59 Å². The molecule has 4 rings (SSSR count). The molecule has 0 bridgehead atoms. The molecule has 2 heterocycles. The van der Waals surface area contributed by atoms with E-state index in [1.54, 1.807) is 22.7 Å². The third-order valence-corrected chi connectivity index (χ3v) is 9.06. The molecule has 172 valence electrons. The SMILES string of the molecule is O=C(CSc1nc2ccccc2s1)NCCCCCNC(=O)CSc1nc2ccccc2s1. The highest BCUT2D eigenvalue weighted by Crippen LogP contribution is 2.30. The topological polar surface area (TPSA) is 84.0 Å². The molecule has 2 N–H and O–H groups in total. The maximum Gasteiger partial charge on any atom is 0.230 e. The van der Waals surface area contributed by atoms with Gasteiger partial charge in [0.15, 0.2) is 8.68 Å². The quantitative estimate of drug-likeness (QED) is 0.199. The van der Waals surface area contributed by atoms with Crippen molar-refractivity contribution in [2.45, 2.75) is 27.9 Å². The van der Waals surface area contributed by atoms with E-state index >= 15 is 0 Å². The van der Waals surface area contributed by atoms with Crippen molar-refractivity contribution in [3.8, 4) is 0 Å². The van der Waals surface area contributed by atoms with Crippen molar-refractivity contribution < 1.29 is 9.59 Å². The Kier molecular flexibility index (Phi) is 8.99. The molecule has 33 heavy (non-hydrogen) atoms. The Bertz CT molecular complexity index is 1060. The van der Waals surface area contributed by atoms with E-state index in [1.165, 1.54) is 23.5 Å². The monoisotopic (exact) mass is 516 g/mol. The van der Waals surface area contributed by atoms with Crippen LogP contribution >= 0.6 is 46.2 Å². The third-order valence-electron chi connectivity index (χ3n) is 4.70. The molecule has 2 aromatic heterocycles. The molecule has 0 radical (unpaired) electrons.